The predicted octanol–water partition coefficient (Wildman–Crippen LogP) is 3.66. The van der Waals surface area contributed by atoms with Crippen molar-refractivity contribution in [2.75, 3.05) is 0 Å². The van der Waals surface area contributed by atoms with Crippen molar-refractivity contribution >= 4 is 27.0 Å². The molecule has 0 aliphatic heterocycles. The van der Waals surface area contributed by atoms with Crippen molar-refractivity contribution in [3.63, 3.8) is 0 Å². The predicted molar refractivity (Wildman–Crippen MR) is 59.9 cm³/mol. The van der Waals surface area contributed by atoms with E-state index in [1.165, 1.54) is 10.9 Å². The highest BCUT2D eigenvalue weighted by Gasteiger charge is 2.02. The van der Waals surface area contributed by atoms with Crippen molar-refractivity contribution in [2.45, 2.75) is 20.8 Å². The lowest BCUT2D eigenvalue weighted by Crippen LogP contribution is -1.75. The number of aryl methyl sites for hydroxylation is 1. The number of nitrogens with zero attached hydrogens (tertiary/aromatic N) is 1. The third-order valence-corrected chi connectivity index (χ3v) is 2.38. The molecule has 0 aromatic carbocycles. The second kappa shape index (κ2) is 4.42. The van der Waals surface area contributed by atoms with Crippen molar-refractivity contribution < 1.29 is 0 Å². The van der Waals surface area contributed by atoms with E-state index in [1.807, 2.05) is 26.1 Å². The lowest BCUT2D eigenvalue weighted by atomic mass is 10.2. The Morgan fingerprint density at radius 3 is 2.69 bits per heavy atom. The van der Waals surface area contributed by atoms with Crippen LogP contribution in [0.4, 0.5) is 0 Å². The number of aromatic nitrogens is 2. The first kappa shape index (κ1) is 10.3. The Morgan fingerprint density at radius 2 is 2.08 bits per heavy atom. The van der Waals surface area contributed by atoms with Crippen LogP contribution < -0.4 is 0 Å². The van der Waals surface area contributed by atoms with Gasteiger partial charge in [-0.15, -0.1) is 0 Å². The fraction of sp³-hybridized carbons (Fsp3) is 0.300. The molecular weight excluding hydrogens is 228 g/mol. The molecule has 3 heteroatoms. The van der Waals surface area contributed by atoms with Gasteiger partial charge in [-0.25, -0.2) is 4.98 Å². The summed E-state index contributed by atoms with van der Waals surface area (Å²) in [5.74, 6) is 0. The number of halogens is 1. The molecule has 13 heavy (non-hydrogen) atoms. The smallest absolute Gasteiger partial charge is 0.138 e. The molecule has 70 valence electrons. The molecular formula is C10H13BrN2. The number of nitrogens with one attached hydrogen (secondary N) is 1. The maximum atomic E-state index is 4.18. The topological polar surface area (TPSA) is 28.7 Å². The summed E-state index contributed by atoms with van der Waals surface area (Å²) < 4.78 is 1.10. The molecule has 0 radical (unpaired) electrons. The van der Waals surface area contributed by atoms with Gasteiger partial charge in [-0.05, 0) is 34.5 Å². The maximum absolute atomic E-state index is 4.18. The van der Waals surface area contributed by atoms with Crippen LogP contribution in [0.3, 0.4) is 0 Å². The number of rotatable bonds is 0. The Hall–Kier alpha value is -0.830. The molecule has 0 amide bonds. The maximum Gasteiger partial charge on any atom is 0.138 e. The van der Waals surface area contributed by atoms with E-state index in [-0.39, 0.29) is 0 Å². The lowest BCUT2D eigenvalue weighted by molar-refractivity contribution is 1.32. The third kappa shape index (κ3) is 1.91. The van der Waals surface area contributed by atoms with Gasteiger partial charge in [-0.1, -0.05) is 13.8 Å². The van der Waals surface area contributed by atoms with E-state index >= 15 is 0 Å². The molecule has 2 aromatic heterocycles. The zero-order valence-corrected chi connectivity index (χ0v) is 9.64. The summed E-state index contributed by atoms with van der Waals surface area (Å²) >= 11 is 3.47. The summed E-state index contributed by atoms with van der Waals surface area (Å²) in [5, 5.41) is 1.17. The van der Waals surface area contributed by atoms with Crippen molar-refractivity contribution in [1.29, 1.82) is 0 Å². The zero-order chi connectivity index (χ0) is 9.84. The molecule has 2 rings (SSSR count). The highest BCUT2D eigenvalue weighted by atomic mass is 79.9. The first-order chi connectivity index (χ1) is 6.29. The Morgan fingerprint density at radius 1 is 1.38 bits per heavy atom. The van der Waals surface area contributed by atoms with E-state index in [4.69, 9.17) is 0 Å². The molecule has 0 saturated heterocycles. The number of fused-ring (bicyclic) bond motifs is 1. The molecule has 2 nitrogen and oxygen atoms in total. The highest BCUT2D eigenvalue weighted by molar-refractivity contribution is 9.10. The highest BCUT2D eigenvalue weighted by Crippen LogP contribution is 2.24. The molecule has 0 saturated carbocycles. The van der Waals surface area contributed by atoms with Crippen molar-refractivity contribution in [1.82, 2.24) is 9.97 Å². The van der Waals surface area contributed by atoms with Crippen LogP contribution in [0.25, 0.3) is 11.0 Å². The van der Waals surface area contributed by atoms with E-state index in [1.54, 1.807) is 6.20 Å². The first-order valence-electron chi connectivity index (χ1n) is 4.37. The van der Waals surface area contributed by atoms with Gasteiger partial charge in [0.05, 0.1) is 0 Å². The molecule has 0 aliphatic carbocycles. The van der Waals surface area contributed by atoms with Gasteiger partial charge >= 0.3 is 0 Å². The molecule has 0 aliphatic rings. The van der Waals surface area contributed by atoms with Crippen LogP contribution in [0.2, 0.25) is 0 Å². The second-order valence-electron chi connectivity index (χ2n) is 2.49. The second-order valence-corrected chi connectivity index (χ2v) is 3.34. The summed E-state index contributed by atoms with van der Waals surface area (Å²) in [5.41, 5.74) is 2.16. The van der Waals surface area contributed by atoms with Gasteiger partial charge in [0.2, 0.25) is 0 Å². The summed E-state index contributed by atoms with van der Waals surface area (Å²) in [6.45, 7) is 6.06. The summed E-state index contributed by atoms with van der Waals surface area (Å²) in [6, 6.07) is 1.95. The van der Waals surface area contributed by atoms with Gasteiger partial charge in [0.1, 0.15) is 5.65 Å². The summed E-state index contributed by atoms with van der Waals surface area (Å²) in [7, 11) is 0. The first-order valence-corrected chi connectivity index (χ1v) is 5.16. The quantitative estimate of drug-likeness (QED) is 0.749. The monoisotopic (exact) mass is 240 g/mol. The minimum atomic E-state index is 0.942. The third-order valence-electron chi connectivity index (χ3n) is 1.72. The van der Waals surface area contributed by atoms with E-state index in [0.29, 0.717) is 0 Å². The van der Waals surface area contributed by atoms with Crippen LogP contribution in [-0.4, -0.2) is 9.97 Å². The average molecular weight is 241 g/mol. The summed E-state index contributed by atoms with van der Waals surface area (Å²) in [6.07, 6.45) is 3.74. The Kier molecular flexibility index (Phi) is 3.48. The number of aromatic amines is 1. The van der Waals surface area contributed by atoms with Crippen molar-refractivity contribution in [3.8, 4) is 0 Å². The number of pyridine rings is 1. The fourth-order valence-corrected chi connectivity index (χ4v) is 1.79. The molecule has 0 fully saturated rings. The molecule has 2 aromatic rings. The minimum absolute atomic E-state index is 0.942. The van der Waals surface area contributed by atoms with Crippen molar-refractivity contribution in [3.05, 3.63) is 28.5 Å². The van der Waals surface area contributed by atoms with Crippen LogP contribution in [0.1, 0.15) is 19.4 Å². The van der Waals surface area contributed by atoms with E-state index < -0.39 is 0 Å². The van der Waals surface area contributed by atoms with E-state index in [0.717, 1.165) is 10.1 Å². The van der Waals surface area contributed by atoms with Crippen LogP contribution in [0.5, 0.6) is 0 Å². The Bertz CT molecular complexity index is 393. The average Bonchev–Trinajstić information content (AvgIpc) is 2.53. The SMILES string of the molecule is CC.Cc1c[nH]c2nccc(Br)c12. The zero-order valence-electron chi connectivity index (χ0n) is 8.06. The normalized spacial score (nSPS) is 9.54. The number of H-pyrrole nitrogens is 1. The van der Waals surface area contributed by atoms with Gasteiger partial charge in [0, 0.05) is 22.3 Å². The van der Waals surface area contributed by atoms with Crippen molar-refractivity contribution in [2.24, 2.45) is 0 Å². The lowest BCUT2D eigenvalue weighted by Gasteiger charge is -1.92. The fourth-order valence-electron chi connectivity index (χ4n) is 1.17. The van der Waals surface area contributed by atoms with Crippen LogP contribution in [0.15, 0.2) is 22.9 Å². The molecule has 2 heterocycles. The summed E-state index contributed by atoms with van der Waals surface area (Å²) in [4.78, 5) is 7.26. The standard InChI is InChI=1S/C8H7BrN2.C2H6/c1-5-4-11-8-7(5)6(9)2-3-10-8;1-2/h2-4H,1H3,(H,10,11);1-2H3. The van der Waals surface area contributed by atoms with Gasteiger partial charge < -0.3 is 4.98 Å². The van der Waals surface area contributed by atoms with Gasteiger partial charge in [0.25, 0.3) is 0 Å². The number of hydrogen-bond donors (Lipinski definition) is 1. The molecule has 0 spiro atoms. The van der Waals surface area contributed by atoms with Gasteiger partial charge in [0.15, 0.2) is 0 Å². The molecule has 1 N–H and O–H groups in total. The molecule has 0 bridgehead atoms. The van der Waals surface area contributed by atoms with Crippen LogP contribution >= 0.6 is 15.9 Å². The molecule has 0 atom stereocenters. The largest absolute Gasteiger partial charge is 0.346 e. The molecule has 0 unspecified atom stereocenters. The Labute approximate surface area is 86.5 Å². The number of hydrogen-bond acceptors (Lipinski definition) is 1. The van der Waals surface area contributed by atoms with Gasteiger partial charge in [-0.3, -0.25) is 0 Å². The Balaban J connectivity index is 0.000000396. The van der Waals surface area contributed by atoms with E-state index in [2.05, 4.69) is 32.8 Å². The van der Waals surface area contributed by atoms with E-state index in [9.17, 15) is 0 Å². The van der Waals surface area contributed by atoms with Crippen LogP contribution in [-0.2, 0) is 0 Å². The van der Waals surface area contributed by atoms with Gasteiger partial charge in [-0.2, -0.15) is 0 Å². The van der Waals surface area contributed by atoms with Crippen LogP contribution in [0, 0.1) is 6.92 Å². The minimum Gasteiger partial charge on any atom is -0.346 e.